The minimum Gasteiger partial charge on any atom is -0.455 e. The molecule has 23 heavy (non-hydrogen) atoms. The van der Waals surface area contributed by atoms with Crippen LogP contribution in [0.4, 0.5) is 5.69 Å². The number of esters is 1. The maximum Gasteiger partial charge on any atom is 0.309 e. The van der Waals surface area contributed by atoms with Gasteiger partial charge in [-0.25, -0.2) is 0 Å². The molecule has 124 valence electrons. The Morgan fingerprint density at radius 1 is 1.26 bits per heavy atom. The Labute approximate surface area is 135 Å². The molecular weight excluding hydrogens is 296 g/mol. The molecule has 0 radical (unpaired) electrons. The third-order valence-electron chi connectivity index (χ3n) is 3.89. The van der Waals surface area contributed by atoms with Crippen molar-refractivity contribution in [3.63, 3.8) is 0 Å². The fourth-order valence-electron chi connectivity index (χ4n) is 2.14. The molecule has 1 aliphatic carbocycles. The number of carbonyl (C=O) groups excluding carboxylic acids is 3. The van der Waals surface area contributed by atoms with E-state index < -0.39 is 5.91 Å². The second kappa shape index (κ2) is 7.26. The first kappa shape index (κ1) is 17.0. The summed E-state index contributed by atoms with van der Waals surface area (Å²) in [5.41, 5.74) is 1.78. The lowest BCUT2D eigenvalue weighted by molar-refractivity contribution is -0.153. The third kappa shape index (κ3) is 5.09. The molecule has 0 spiro atoms. The molecule has 1 N–H and O–H groups in total. The van der Waals surface area contributed by atoms with Crippen molar-refractivity contribution in [3.8, 4) is 0 Å². The van der Waals surface area contributed by atoms with Crippen LogP contribution < -0.4 is 5.32 Å². The first-order chi connectivity index (χ1) is 10.9. The van der Waals surface area contributed by atoms with Crippen molar-refractivity contribution in [2.24, 2.45) is 11.8 Å². The van der Waals surface area contributed by atoms with Gasteiger partial charge in [0.1, 0.15) is 0 Å². The van der Waals surface area contributed by atoms with E-state index in [0.717, 1.165) is 12.0 Å². The van der Waals surface area contributed by atoms with E-state index >= 15 is 0 Å². The predicted molar refractivity (Wildman–Crippen MR) is 85.7 cm³/mol. The molecule has 1 saturated carbocycles. The maximum atomic E-state index is 11.9. The van der Waals surface area contributed by atoms with Crippen LogP contribution in [0.5, 0.6) is 0 Å². The van der Waals surface area contributed by atoms with Gasteiger partial charge in [-0.05, 0) is 31.4 Å². The fourth-order valence-corrected chi connectivity index (χ4v) is 2.14. The van der Waals surface area contributed by atoms with Gasteiger partial charge in [0.05, 0.1) is 12.5 Å². The van der Waals surface area contributed by atoms with Crippen LogP contribution in [-0.4, -0.2) is 42.9 Å². The molecule has 0 unspecified atom stereocenters. The van der Waals surface area contributed by atoms with E-state index in [1.165, 1.54) is 11.9 Å². The topological polar surface area (TPSA) is 75.7 Å². The van der Waals surface area contributed by atoms with E-state index in [2.05, 4.69) is 5.32 Å². The highest BCUT2D eigenvalue weighted by atomic mass is 16.5. The summed E-state index contributed by atoms with van der Waals surface area (Å²) in [5, 5.41) is 2.71. The summed E-state index contributed by atoms with van der Waals surface area (Å²) in [6.07, 6.45) is 0.821. The Morgan fingerprint density at radius 3 is 2.43 bits per heavy atom. The molecule has 0 saturated heterocycles. The van der Waals surface area contributed by atoms with Crippen molar-refractivity contribution in [3.05, 3.63) is 29.8 Å². The zero-order valence-electron chi connectivity index (χ0n) is 13.7. The SMILES string of the molecule is Cc1ccc(NC(=O)CN(C)C(=O)COC(=O)[C@H]2C[C@@H]2C)cc1. The summed E-state index contributed by atoms with van der Waals surface area (Å²) >= 11 is 0. The summed E-state index contributed by atoms with van der Waals surface area (Å²) in [4.78, 5) is 36.6. The normalized spacial score (nSPS) is 18.9. The lowest BCUT2D eigenvalue weighted by Gasteiger charge is -2.16. The van der Waals surface area contributed by atoms with Gasteiger partial charge in [-0.15, -0.1) is 0 Å². The van der Waals surface area contributed by atoms with Crippen molar-refractivity contribution in [2.75, 3.05) is 25.5 Å². The number of amides is 2. The lowest BCUT2D eigenvalue weighted by atomic mass is 10.2. The first-order valence-corrected chi connectivity index (χ1v) is 7.64. The average Bonchev–Trinajstić information content (AvgIpc) is 3.23. The molecule has 6 heteroatoms. The number of benzene rings is 1. The van der Waals surface area contributed by atoms with Crippen LogP contribution in [0.15, 0.2) is 24.3 Å². The summed E-state index contributed by atoms with van der Waals surface area (Å²) in [6.45, 7) is 3.51. The van der Waals surface area contributed by atoms with Gasteiger partial charge in [-0.2, -0.15) is 0 Å². The molecule has 0 heterocycles. The van der Waals surface area contributed by atoms with Crippen LogP contribution in [-0.2, 0) is 19.1 Å². The highest BCUT2D eigenvalue weighted by Crippen LogP contribution is 2.38. The number of hydrogen-bond donors (Lipinski definition) is 1. The number of rotatable bonds is 6. The molecular formula is C17H22N2O4. The number of nitrogens with one attached hydrogen (secondary N) is 1. The van der Waals surface area contributed by atoms with Gasteiger partial charge in [0.15, 0.2) is 6.61 Å². The van der Waals surface area contributed by atoms with Crippen LogP contribution in [0.1, 0.15) is 18.9 Å². The van der Waals surface area contributed by atoms with E-state index in [1.807, 2.05) is 26.0 Å². The quantitative estimate of drug-likeness (QED) is 0.808. The zero-order chi connectivity index (χ0) is 17.0. The molecule has 2 amide bonds. The minimum absolute atomic E-state index is 0.0713. The van der Waals surface area contributed by atoms with Gasteiger partial charge in [0, 0.05) is 12.7 Å². The van der Waals surface area contributed by atoms with Crippen LogP contribution in [0, 0.1) is 18.8 Å². The monoisotopic (exact) mass is 318 g/mol. The summed E-state index contributed by atoms with van der Waals surface area (Å²) < 4.78 is 4.97. The number of nitrogens with zero attached hydrogens (tertiary/aromatic N) is 1. The Kier molecular flexibility index (Phi) is 5.36. The Morgan fingerprint density at radius 2 is 1.87 bits per heavy atom. The summed E-state index contributed by atoms with van der Waals surface area (Å²) in [6, 6.07) is 7.38. The van der Waals surface area contributed by atoms with E-state index in [9.17, 15) is 14.4 Å². The number of hydrogen-bond acceptors (Lipinski definition) is 4. The van der Waals surface area contributed by atoms with Gasteiger partial charge in [0.2, 0.25) is 5.91 Å². The Bertz CT molecular complexity index is 597. The number of carbonyl (C=O) groups is 3. The first-order valence-electron chi connectivity index (χ1n) is 7.64. The summed E-state index contributed by atoms with van der Waals surface area (Å²) in [5.74, 6) is -0.755. The predicted octanol–water partition coefficient (Wildman–Crippen LogP) is 1.59. The molecule has 0 aromatic heterocycles. The molecule has 1 aliphatic rings. The van der Waals surface area contributed by atoms with Crippen molar-refractivity contribution >= 4 is 23.5 Å². The lowest BCUT2D eigenvalue weighted by Crippen LogP contribution is -2.37. The fraction of sp³-hybridized carbons (Fsp3) is 0.471. The second-order valence-electron chi connectivity index (χ2n) is 6.09. The zero-order valence-corrected chi connectivity index (χ0v) is 13.7. The van der Waals surface area contributed by atoms with Crippen LogP contribution in [0.2, 0.25) is 0 Å². The molecule has 2 atom stereocenters. The molecule has 1 aromatic carbocycles. The van der Waals surface area contributed by atoms with Crippen LogP contribution >= 0.6 is 0 Å². The molecule has 1 fully saturated rings. The highest BCUT2D eigenvalue weighted by molar-refractivity contribution is 5.94. The molecule has 6 nitrogen and oxygen atoms in total. The number of anilines is 1. The molecule has 0 aliphatic heterocycles. The smallest absolute Gasteiger partial charge is 0.309 e. The number of ether oxygens (including phenoxy) is 1. The third-order valence-corrected chi connectivity index (χ3v) is 3.89. The van der Waals surface area contributed by atoms with Gasteiger partial charge in [0.25, 0.3) is 5.91 Å². The average molecular weight is 318 g/mol. The molecule has 2 rings (SSSR count). The van der Waals surface area contributed by atoms with E-state index in [0.29, 0.717) is 11.6 Å². The standard InChI is InChI=1S/C17H22N2O4/c1-11-4-6-13(7-5-11)18-15(20)9-19(3)16(21)10-23-17(22)14-8-12(14)2/h4-7,12,14H,8-10H2,1-3H3,(H,18,20)/t12-,14-/m0/s1. The van der Waals surface area contributed by atoms with Crippen LogP contribution in [0.3, 0.4) is 0 Å². The van der Waals surface area contributed by atoms with Crippen LogP contribution in [0.25, 0.3) is 0 Å². The van der Waals surface area contributed by atoms with Crippen molar-refractivity contribution in [2.45, 2.75) is 20.3 Å². The highest BCUT2D eigenvalue weighted by Gasteiger charge is 2.40. The Hall–Kier alpha value is -2.37. The number of aryl methyl sites for hydroxylation is 1. The Balaban J connectivity index is 1.72. The van der Waals surface area contributed by atoms with Gasteiger partial charge in [-0.1, -0.05) is 24.6 Å². The number of likely N-dealkylation sites (N-methyl/N-ethyl adjacent to an activating group) is 1. The van der Waals surface area contributed by atoms with E-state index in [-0.39, 0.29) is 30.9 Å². The maximum absolute atomic E-state index is 11.9. The molecule has 0 bridgehead atoms. The van der Waals surface area contributed by atoms with Crippen molar-refractivity contribution < 1.29 is 19.1 Å². The van der Waals surface area contributed by atoms with E-state index in [4.69, 9.17) is 4.74 Å². The molecule has 1 aromatic rings. The second-order valence-corrected chi connectivity index (χ2v) is 6.09. The minimum atomic E-state index is -0.397. The largest absolute Gasteiger partial charge is 0.455 e. The van der Waals surface area contributed by atoms with Crippen molar-refractivity contribution in [1.29, 1.82) is 0 Å². The van der Waals surface area contributed by atoms with Crippen molar-refractivity contribution in [1.82, 2.24) is 4.90 Å². The van der Waals surface area contributed by atoms with E-state index in [1.54, 1.807) is 12.1 Å². The summed E-state index contributed by atoms with van der Waals surface area (Å²) in [7, 11) is 1.50. The van der Waals surface area contributed by atoms with Gasteiger partial charge in [-0.3, -0.25) is 14.4 Å². The van der Waals surface area contributed by atoms with Gasteiger partial charge < -0.3 is 15.0 Å². The van der Waals surface area contributed by atoms with Gasteiger partial charge >= 0.3 is 5.97 Å².